The topological polar surface area (TPSA) is 66.9 Å². The molecule has 3 aromatic rings. The van der Waals surface area contributed by atoms with Crippen LogP contribution in [0.25, 0.3) is 0 Å². The van der Waals surface area contributed by atoms with Gasteiger partial charge in [-0.15, -0.1) is 0 Å². The molecule has 0 bridgehead atoms. The molecular weight excluding hydrogens is 448 g/mol. The number of hydrogen-bond acceptors (Lipinski definition) is 4. The summed E-state index contributed by atoms with van der Waals surface area (Å²) in [5.41, 5.74) is 2.16. The van der Waals surface area contributed by atoms with Gasteiger partial charge in [0, 0.05) is 37.5 Å². The average molecular weight is 477 g/mol. The van der Waals surface area contributed by atoms with Gasteiger partial charge in [0.1, 0.15) is 12.4 Å². The molecule has 2 amide bonds. The van der Waals surface area contributed by atoms with Gasteiger partial charge in [0.05, 0.1) is 21.3 Å². The van der Waals surface area contributed by atoms with E-state index in [-0.39, 0.29) is 11.8 Å². The van der Waals surface area contributed by atoms with Crippen LogP contribution in [0.1, 0.15) is 33.2 Å². The number of hydrogen-bond donors (Lipinski definition) is 0. The minimum Gasteiger partial charge on any atom is -0.489 e. The first-order valence-corrected chi connectivity index (χ1v) is 12.7. The predicted octanol–water partition coefficient (Wildman–Crippen LogP) is 3.99. The van der Waals surface area contributed by atoms with Crippen molar-refractivity contribution in [3.63, 3.8) is 0 Å². The second kappa shape index (κ2) is 11.1. The Morgan fingerprint density at radius 3 is 2.03 bits per heavy atom. The zero-order valence-electron chi connectivity index (χ0n) is 19.2. The second-order valence-corrected chi connectivity index (χ2v) is 9.72. The third-order valence-corrected chi connectivity index (χ3v) is 7.20. The minimum absolute atomic E-state index is 0.0609. The molecule has 1 heterocycles. The van der Waals surface area contributed by atoms with Gasteiger partial charge in [-0.2, -0.15) is 0 Å². The van der Waals surface area contributed by atoms with E-state index in [9.17, 15) is 13.8 Å². The fourth-order valence-corrected chi connectivity index (χ4v) is 4.84. The van der Waals surface area contributed by atoms with Gasteiger partial charge < -0.3 is 14.5 Å². The van der Waals surface area contributed by atoms with Gasteiger partial charge >= 0.3 is 0 Å². The first-order chi connectivity index (χ1) is 16.6. The Balaban J connectivity index is 1.33. The highest BCUT2D eigenvalue weighted by Gasteiger charge is 2.27. The predicted molar refractivity (Wildman–Crippen MR) is 132 cm³/mol. The van der Waals surface area contributed by atoms with Crippen LogP contribution in [0.4, 0.5) is 0 Å². The van der Waals surface area contributed by atoms with Crippen LogP contribution in [0.3, 0.4) is 0 Å². The molecule has 1 aliphatic rings. The van der Waals surface area contributed by atoms with Crippen LogP contribution < -0.4 is 4.74 Å². The monoisotopic (exact) mass is 476 g/mol. The molecule has 4 rings (SSSR count). The van der Waals surface area contributed by atoms with Crippen LogP contribution in [0.15, 0.2) is 83.8 Å². The van der Waals surface area contributed by atoms with Crippen molar-refractivity contribution in [3.05, 3.63) is 95.6 Å². The van der Waals surface area contributed by atoms with E-state index in [0.717, 1.165) is 5.56 Å². The third kappa shape index (κ3) is 5.54. The number of rotatable bonds is 7. The van der Waals surface area contributed by atoms with E-state index in [4.69, 9.17) is 4.74 Å². The number of carbonyl (C=O) groups is 2. The highest BCUT2D eigenvalue weighted by atomic mass is 32.2. The summed E-state index contributed by atoms with van der Waals surface area (Å²) in [6, 6.07) is 24.1. The van der Waals surface area contributed by atoms with E-state index in [1.54, 1.807) is 58.3 Å². The van der Waals surface area contributed by atoms with Crippen LogP contribution >= 0.6 is 0 Å². The Kier molecular flexibility index (Phi) is 7.75. The lowest BCUT2D eigenvalue weighted by Gasteiger charge is -2.35. The molecule has 1 aliphatic heterocycles. The van der Waals surface area contributed by atoms with Crippen molar-refractivity contribution >= 4 is 22.6 Å². The summed E-state index contributed by atoms with van der Waals surface area (Å²) in [5, 5.41) is 0. The van der Waals surface area contributed by atoms with Crippen molar-refractivity contribution in [2.75, 3.05) is 31.9 Å². The van der Waals surface area contributed by atoms with Crippen molar-refractivity contribution in [2.24, 2.45) is 0 Å². The Morgan fingerprint density at radius 2 is 1.38 bits per heavy atom. The first-order valence-electron chi connectivity index (χ1n) is 11.4. The standard InChI is InChI=1S/C27H28N2O4S/c1-2-34(32)25-11-7-6-10-24(25)27(31)29-18-16-28(17-19-29)26(30)22-12-14-23(15-13-22)33-20-21-8-4-3-5-9-21/h3-15H,2,16-20H2,1H3. The van der Waals surface area contributed by atoms with Gasteiger partial charge in [-0.25, -0.2) is 0 Å². The van der Waals surface area contributed by atoms with E-state index in [2.05, 4.69) is 0 Å². The summed E-state index contributed by atoms with van der Waals surface area (Å²) in [6.45, 7) is 4.10. The normalized spacial score (nSPS) is 14.5. The molecule has 0 N–H and O–H groups in total. The number of amides is 2. The summed E-state index contributed by atoms with van der Waals surface area (Å²) in [5.74, 6) is 0.973. The van der Waals surface area contributed by atoms with Gasteiger partial charge in [0.25, 0.3) is 11.8 Å². The van der Waals surface area contributed by atoms with E-state index >= 15 is 0 Å². The Morgan fingerprint density at radius 1 is 0.794 bits per heavy atom. The lowest BCUT2D eigenvalue weighted by molar-refractivity contribution is 0.0533. The van der Waals surface area contributed by atoms with Crippen molar-refractivity contribution < 1.29 is 18.5 Å². The Labute approximate surface area is 202 Å². The molecule has 34 heavy (non-hydrogen) atoms. The fraction of sp³-hybridized carbons (Fsp3) is 0.259. The first kappa shape index (κ1) is 23.7. The number of carbonyl (C=O) groups excluding carboxylic acids is 2. The maximum Gasteiger partial charge on any atom is 0.255 e. The van der Waals surface area contributed by atoms with Crippen molar-refractivity contribution in [2.45, 2.75) is 18.4 Å². The Hall–Kier alpha value is -3.45. The number of piperazine rings is 1. The van der Waals surface area contributed by atoms with Crippen LogP contribution in [0.5, 0.6) is 5.75 Å². The largest absolute Gasteiger partial charge is 0.489 e. The Bertz CT molecular complexity index is 1160. The van der Waals surface area contributed by atoms with Crippen LogP contribution in [-0.4, -0.2) is 57.8 Å². The molecule has 7 heteroatoms. The average Bonchev–Trinajstić information content (AvgIpc) is 2.91. The SMILES string of the molecule is CCS(=O)c1ccccc1C(=O)N1CCN(C(=O)c2ccc(OCc3ccccc3)cc2)CC1. The van der Waals surface area contributed by atoms with Gasteiger partial charge in [0.15, 0.2) is 0 Å². The van der Waals surface area contributed by atoms with E-state index in [1.807, 2.05) is 37.3 Å². The maximum atomic E-state index is 13.1. The van der Waals surface area contributed by atoms with Crippen LogP contribution in [-0.2, 0) is 17.4 Å². The molecule has 176 valence electrons. The molecule has 6 nitrogen and oxygen atoms in total. The van der Waals surface area contributed by atoms with Gasteiger partial charge in [-0.1, -0.05) is 49.4 Å². The van der Waals surface area contributed by atoms with E-state index < -0.39 is 10.8 Å². The molecule has 1 atom stereocenters. The highest BCUT2D eigenvalue weighted by molar-refractivity contribution is 7.85. The molecule has 0 spiro atoms. The smallest absolute Gasteiger partial charge is 0.255 e. The number of ether oxygens (including phenoxy) is 1. The summed E-state index contributed by atoms with van der Waals surface area (Å²) < 4.78 is 18.1. The zero-order valence-corrected chi connectivity index (χ0v) is 20.0. The summed E-state index contributed by atoms with van der Waals surface area (Å²) in [4.78, 5) is 30.1. The molecule has 1 saturated heterocycles. The third-order valence-electron chi connectivity index (χ3n) is 5.83. The molecule has 3 aromatic carbocycles. The molecule has 0 saturated carbocycles. The van der Waals surface area contributed by atoms with Crippen LogP contribution in [0, 0.1) is 0 Å². The van der Waals surface area contributed by atoms with E-state index in [1.165, 1.54) is 0 Å². The van der Waals surface area contributed by atoms with Crippen molar-refractivity contribution in [1.29, 1.82) is 0 Å². The van der Waals surface area contributed by atoms with Gasteiger partial charge in [-0.3, -0.25) is 13.8 Å². The maximum absolute atomic E-state index is 13.1. The zero-order chi connectivity index (χ0) is 23.9. The van der Waals surface area contributed by atoms with Gasteiger partial charge in [0.2, 0.25) is 0 Å². The molecule has 0 aromatic heterocycles. The molecule has 1 unspecified atom stereocenters. The summed E-state index contributed by atoms with van der Waals surface area (Å²) in [6.07, 6.45) is 0. The quantitative estimate of drug-likeness (QED) is 0.517. The molecule has 0 aliphatic carbocycles. The molecular formula is C27H28N2O4S. The lowest BCUT2D eigenvalue weighted by Crippen LogP contribution is -2.50. The lowest BCUT2D eigenvalue weighted by atomic mass is 10.1. The number of benzene rings is 3. The van der Waals surface area contributed by atoms with Crippen molar-refractivity contribution in [1.82, 2.24) is 9.80 Å². The molecule has 1 fully saturated rings. The minimum atomic E-state index is -1.20. The highest BCUT2D eigenvalue weighted by Crippen LogP contribution is 2.19. The summed E-state index contributed by atoms with van der Waals surface area (Å²) >= 11 is 0. The second-order valence-electron chi connectivity index (χ2n) is 8.01. The van der Waals surface area contributed by atoms with Gasteiger partial charge in [-0.05, 0) is 42.0 Å². The fourth-order valence-electron chi connectivity index (χ4n) is 3.90. The number of nitrogens with zero attached hydrogens (tertiary/aromatic N) is 2. The van der Waals surface area contributed by atoms with E-state index in [0.29, 0.717) is 60.3 Å². The van der Waals surface area contributed by atoms with Crippen LogP contribution in [0.2, 0.25) is 0 Å². The molecule has 0 radical (unpaired) electrons. The summed E-state index contributed by atoms with van der Waals surface area (Å²) in [7, 11) is -1.20. The van der Waals surface area contributed by atoms with Crippen molar-refractivity contribution in [3.8, 4) is 5.75 Å².